The van der Waals surface area contributed by atoms with Gasteiger partial charge in [0.2, 0.25) is 0 Å². The van der Waals surface area contributed by atoms with Gasteiger partial charge in [0.15, 0.2) is 5.78 Å². The summed E-state index contributed by atoms with van der Waals surface area (Å²) < 4.78 is 38.8. The number of methoxy groups -OCH3 is 1. The van der Waals surface area contributed by atoms with Gasteiger partial charge in [-0.3, -0.25) is 9.59 Å². The number of hydrogen-bond donors (Lipinski definition) is 0. The Labute approximate surface area is 176 Å². The van der Waals surface area contributed by atoms with Gasteiger partial charge in [-0.1, -0.05) is 12.1 Å². The number of halogens is 2. The third-order valence-electron chi connectivity index (χ3n) is 4.50. The van der Waals surface area contributed by atoms with Crippen molar-refractivity contribution in [2.24, 2.45) is 0 Å². The van der Waals surface area contributed by atoms with Crippen LogP contribution in [0.25, 0.3) is 0 Å². The molecule has 0 bridgehead atoms. The number of ketones is 1. The van der Waals surface area contributed by atoms with Gasteiger partial charge in [-0.2, -0.15) is 5.26 Å². The summed E-state index contributed by atoms with van der Waals surface area (Å²) in [5.74, 6) is -1.54. The lowest BCUT2D eigenvalue weighted by Crippen LogP contribution is -2.25. The molecule has 0 saturated carbocycles. The van der Waals surface area contributed by atoms with Crippen molar-refractivity contribution in [3.63, 3.8) is 0 Å². The third kappa shape index (κ3) is 5.21. The molecule has 2 aromatic carbocycles. The molecular formula is C23H18F2N2O4. The number of benzene rings is 2. The van der Waals surface area contributed by atoms with Crippen LogP contribution in [0.15, 0.2) is 59.5 Å². The number of aromatic nitrogens is 1. The Kier molecular flexibility index (Phi) is 6.90. The van der Waals surface area contributed by atoms with Crippen LogP contribution >= 0.6 is 0 Å². The molecule has 8 heteroatoms. The predicted molar refractivity (Wildman–Crippen MR) is 108 cm³/mol. The Balaban J connectivity index is 1.95. The van der Waals surface area contributed by atoms with Gasteiger partial charge in [0, 0.05) is 25.4 Å². The number of ether oxygens (including phenoxy) is 2. The van der Waals surface area contributed by atoms with Gasteiger partial charge < -0.3 is 14.0 Å². The Morgan fingerprint density at radius 3 is 2.48 bits per heavy atom. The summed E-state index contributed by atoms with van der Waals surface area (Å²) >= 11 is 0. The molecule has 0 fully saturated rings. The van der Waals surface area contributed by atoms with E-state index in [4.69, 9.17) is 9.47 Å². The van der Waals surface area contributed by atoms with Crippen molar-refractivity contribution >= 4 is 5.78 Å². The molecule has 31 heavy (non-hydrogen) atoms. The Hall–Kier alpha value is -3.83. The van der Waals surface area contributed by atoms with Crippen LogP contribution in [-0.4, -0.2) is 24.1 Å². The van der Waals surface area contributed by atoms with Crippen LogP contribution in [0.1, 0.15) is 27.0 Å². The largest absolute Gasteiger partial charge is 0.488 e. The SMILES string of the molecule is COCCn1cc(C(=O)c2cc(F)ccc2OCc2ccc(F)cc2)cc(C#N)c1=O. The van der Waals surface area contributed by atoms with E-state index in [1.807, 2.05) is 0 Å². The average Bonchev–Trinajstić information content (AvgIpc) is 2.78. The summed E-state index contributed by atoms with van der Waals surface area (Å²) in [6.45, 7) is 0.375. The average molecular weight is 424 g/mol. The van der Waals surface area contributed by atoms with Crippen LogP contribution in [0.2, 0.25) is 0 Å². The summed E-state index contributed by atoms with van der Waals surface area (Å²) in [5, 5.41) is 9.26. The number of carbonyl (C=O) groups is 1. The lowest BCUT2D eigenvalue weighted by Gasteiger charge is -2.13. The highest BCUT2D eigenvalue weighted by molar-refractivity contribution is 6.10. The van der Waals surface area contributed by atoms with Crippen LogP contribution in [0.5, 0.6) is 5.75 Å². The van der Waals surface area contributed by atoms with E-state index in [1.54, 1.807) is 6.07 Å². The molecular weight excluding hydrogens is 406 g/mol. The monoisotopic (exact) mass is 424 g/mol. The first-order valence-electron chi connectivity index (χ1n) is 9.28. The molecule has 0 N–H and O–H groups in total. The van der Waals surface area contributed by atoms with E-state index in [2.05, 4.69) is 0 Å². The number of carbonyl (C=O) groups excluding carboxylic acids is 1. The minimum absolute atomic E-state index is 0.0307. The standard InChI is InChI=1S/C23H18F2N2O4/c1-30-9-8-27-13-17(10-16(12-26)23(27)29)22(28)20-11-19(25)6-7-21(20)31-14-15-2-4-18(24)5-3-15/h2-7,10-11,13H,8-9,14H2,1H3. The van der Waals surface area contributed by atoms with Gasteiger partial charge >= 0.3 is 0 Å². The second-order valence-electron chi connectivity index (χ2n) is 6.63. The zero-order valence-corrected chi connectivity index (χ0v) is 16.6. The smallest absolute Gasteiger partial charge is 0.268 e. The molecule has 3 rings (SSSR count). The van der Waals surface area contributed by atoms with Gasteiger partial charge in [-0.05, 0) is 42.0 Å². The van der Waals surface area contributed by atoms with Gasteiger partial charge in [0.25, 0.3) is 5.56 Å². The molecule has 0 aliphatic carbocycles. The first kappa shape index (κ1) is 21.9. The van der Waals surface area contributed by atoms with Crippen molar-refractivity contribution in [3.05, 3.63) is 99.0 Å². The highest BCUT2D eigenvalue weighted by atomic mass is 19.1. The zero-order valence-electron chi connectivity index (χ0n) is 16.6. The third-order valence-corrected chi connectivity index (χ3v) is 4.50. The zero-order chi connectivity index (χ0) is 22.4. The molecule has 1 aromatic heterocycles. The maximum atomic E-state index is 13.9. The first-order valence-corrected chi connectivity index (χ1v) is 9.28. The number of rotatable bonds is 8. The lowest BCUT2D eigenvalue weighted by atomic mass is 10.0. The maximum absolute atomic E-state index is 13.9. The normalized spacial score (nSPS) is 10.5. The second-order valence-corrected chi connectivity index (χ2v) is 6.63. The number of hydrogen-bond acceptors (Lipinski definition) is 5. The molecule has 0 atom stereocenters. The molecule has 0 spiro atoms. The second kappa shape index (κ2) is 9.78. The fourth-order valence-electron chi connectivity index (χ4n) is 2.90. The van der Waals surface area contributed by atoms with Gasteiger partial charge in [-0.15, -0.1) is 0 Å². The summed E-state index contributed by atoms with van der Waals surface area (Å²) in [4.78, 5) is 25.4. The summed E-state index contributed by atoms with van der Waals surface area (Å²) in [5.41, 5.74) is -0.147. The number of nitriles is 1. The first-order chi connectivity index (χ1) is 14.9. The van der Waals surface area contributed by atoms with E-state index in [1.165, 1.54) is 54.3 Å². The van der Waals surface area contributed by atoms with Crippen molar-refractivity contribution in [2.45, 2.75) is 13.2 Å². The van der Waals surface area contributed by atoms with Gasteiger partial charge in [-0.25, -0.2) is 8.78 Å². The summed E-state index contributed by atoms with van der Waals surface area (Å²) in [7, 11) is 1.46. The van der Waals surface area contributed by atoms with E-state index < -0.39 is 23.0 Å². The molecule has 0 aliphatic heterocycles. The van der Waals surface area contributed by atoms with E-state index in [9.17, 15) is 23.6 Å². The number of nitrogens with zero attached hydrogens (tertiary/aromatic N) is 2. The van der Waals surface area contributed by atoms with Crippen molar-refractivity contribution in [2.75, 3.05) is 13.7 Å². The minimum Gasteiger partial charge on any atom is -0.488 e. The number of pyridine rings is 1. The topological polar surface area (TPSA) is 81.3 Å². The fraction of sp³-hybridized carbons (Fsp3) is 0.174. The molecule has 0 amide bonds. The molecule has 6 nitrogen and oxygen atoms in total. The van der Waals surface area contributed by atoms with Crippen LogP contribution in [0.3, 0.4) is 0 Å². The van der Waals surface area contributed by atoms with Crippen molar-refractivity contribution in [1.82, 2.24) is 4.57 Å². The Morgan fingerprint density at radius 2 is 1.81 bits per heavy atom. The molecule has 1 heterocycles. The van der Waals surface area contributed by atoms with Crippen LogP contribution < -0.4 is 10.3 Å². The quantitative estimate of drug-likeness (QED) is 0.518. The predicted octanol–water partition coefficient (Wildman–Crippen LogP) is 3.45. The molecule has 0 saturated heterocycles. The highest BCUT2D eigenvalue weighted by Gasteiger charge is 2.19. The molecule has 0 radical (unpaired) electrons. The fourth-order valence-corrected chi connectivity index (χ4v) is 2.90. The van der Waals surface area contributed by atoms with Gasteiger partial charge in [0.05, 0.1) is 12.2 Å². The van der Waals surface area contributed by atoms with Crippen molar-refractivity contribution in [3.8, 4) is 11.8 Å². The minimum atomic E-state index is -0.648. The molecule has 0 unspecified atom stereocenters. The van der Waals surface area contributed by atoms with E-state index in [-0.39, 0.29) is 42.2 Å². The summed E-state index contributed by atoms with van der Waals surface area (Å²) in [6, 6.07) is 12.1. The molecule has 0 aliphatic rings. The van der Waals surface area contributed by atoms with Crippen molar-refractivity contribution < 1.29 is 23.0 Å². The van der Waals surface area contributed by atoms with Crippen LogP contribution in [0.4, 0.5) is 8.78 Å². The summed E-state index contributed by atoms with van der Waals surface area (Å²) in [6.07, 6.45) is 1.30. The van der Waals surface area contributed by atoms with Crippen molar-refractivity contribution in [1.29, 1.82) is 5.26 Å². The van der Waals surface area contributed by atoms with E-state index in [0.717, 1.165) is 12.1 Å². The van der Waals surface area contributed by atoms with Crippen LogP contribution in [0, 0.1) is 23.0 Å². The maximum Gasteiger partial charge on any atom is 0.268 e. The highest BCUT2D eigenvalue weighted by Crippen LogP contribution is 2.24. The Morgan fingerprint density at radius 1 is 1.10 bits per heavy atom. The Bertz CT molecular complexity index is 1200. The van der Waals surface area contributed by atoms with Crippen LogP contribution in [-0.2, 0) is 17.9 Å². The van der Waals surface area contributed by atoms with Gasteiger partial charge in [0.1, 0.15) is 35.6 Å². The molecule has 3 aromatic rings. The van der Waals surface area contributed by atoms with E-state index >= 15 is 0 Å². The lowest BCUT2D eigenvalue weighted by molar-refractivity contribution is 0.103. The van der Waals surface area contributed by atoms with E-state index in [0.29, 0.717) is 5.56 Å². The molecule has 158 valence electrons.